The summed E-state index contributed by atoms with van der Waals surface area (Å²) in [5.41, 5.74) is 1.06. The Hall–Kier alpha value is -2.61. The van der Waals surface area contributed by atoms with Gasteiger partial charge in [0.1, 0.15) is 18.5 Å². The Balaban J connectivity index is 1.48. The second kappa shape index (κ2) is 9.90. The van der Waals surface area contributed by atoms with E-state index in [9.17, 15) is 14.4 Å². The van der Waals surface area contributed by atoms with Crippen LogP contribution in [0.15, 0.2) is 18.2 Å². The summed E-state index contributed by atoms with van der Waals surface area (Å²) in [7, 11) is 3.40. The normalized spacial score (nSPS) is 26.1. The number of hydrogen-bond acceptors (Lipinski definition) is 5. The fourth-order valence-electron chi connectivity index (χ4n) is 5.02. The summed E-state index contributed by atoms with van der Waals surface area (Å²) in [6.45, 7) is 0.299. The molecule has 2 heterocycles. The van der Waals surface area contributed by atoms with E-state index in [1.807, 2.05) is 0 Å². The van der Waals surface area contributed by atoms with Crippen molar-refractivity contribution in [3.05, 3.63) is 23.8 Å². The maximum atomic E-state index is 13.3. The van der Waals surface area contributed by atoms with Gasteiger partial charge in [-0.2, -0.15) is 0 Å². The molecule has 1 aliphatic carbocycles. The number of nitrogens with zero attached hydrogens (tertiary/aromatic N) is 1. The molecule has 1 aromatic carbocycles. The number of amides is 3. The molecule has 0 bridgehead atoms. The fourth-order valence-corrected chi connectivity index (χ4v) is 5.02. The maximum Gasteiger partial charge on any atom is 0.257 e. The average molecular weight is 444 g/mol. The molecule has 1 aromatic rings. The monoisotopic (exact) mass is 443 g/mol. The number of ether oxygens (including phenoxy) is 2. The molecule has 0 unspecified atom stereocenters. The van der Waals surface area contributed by atoms with Crippen LogP contribution in [0.4, 0.5) is 5.69 Å². The number of hydrogen-bond donors (Lipinski definition) is 2. The van der Waals surface area contributed by atoms with E-state index < -0.39 is 0 Å². The van der Waals surface area contributed by atoms with Crippen LogP contribution in [0, 0.1) is 5.92 Å². The molecule has 3 amide bonds. The fraction of sp³-hybridized carbons (Fsp3) is 0.625. The highest BCUT2D eigenvalue weighted by atomic mass is 16.5. The molecule has 2 N–H and O–H groups in total. The average Bonchev–Trinajstić information content (AvgIpc) is 2.82. The largest absolute Gasteiger partial charge is 0.490 e. The SMILES string of the molecule is CNC(=O)C[C@@H]1CC[C@H]2[C@@H](COc3ccc(NC(=O)C4CCCCC4)cc3C(=O)N2C)O1. The summed E-state index contributed by atoms with van der Waals surface area (Å²) >= 11 is 0. The third-order valence-corrected chi connectivity index (χ3v) is 6.95. The van der Waals surface area contributed by atoms with Crippen LogP contribution in [-0.2, 0) is 14.3 Å². The molecule has 4 rings (SSSR count). The molecule has 1 saturated heterocycles. The molecular weight excluding hydrogens is 410 g/mol. The van der Waals surface area contributed by atoms with E-state index in [0.717, 1.165) is 32.1 Å². The van der Waals surface area contributed by atoms with Gasteiger partial charge in [0.25, 0.3) is 5.91 Å². The van der Waals surface area contributed by atoms with E-state index in [-0.39, 0.29) is 41.9 Å². The Bertz CT molecular complexity index is 867. The van der Waals surface area contributed by atoms with Crippen molar-refractivity contribution in [3.63, 3.8) is 0 Å². The lowest BCUT2D eigenvalue weighted by Crippen LogP contribution is -2.53. The van der Waals surface area contributed by atoms with Crippen molar-refractivity contribution >= 4 is 23.4 Å². The van der Waals surface area contributed by atoms with E-state index in [1.54, 1.807) is 37.2 Å². The van der Waals surface area contributed by atoms with E-state index in [2.05, 4.69) is 10.6 Å². The highest BCUT2D eigenvalue weighted by molar-refractivity contribution is 6.00. The van der Waals surface area contributed by atoms with Crippen molar-refractivity contribution in [2.45, 2.75) is 69.6 Å². The van der Waals surface area contributed by atoms with Crippen molar-refractivity contribution in [1.82, 2.24) is 10.2 Å². The van der Waals surface area contributed by atoms with Crippen LogP contribution in [-0.4, -0.2) is 61.6 Å². The molecule has 0 spiro atoms. The van der Waals surface area contributed by atoms with Gasteiger partial charge in [0.2, 0.25) is 11.8 Å². The first-order valence-electron chi connectivity index (χ1n) is 11.7. The highest BCUT2D eigenvalue weighted by Gasteiger charge is 2.39. The van der Waals surface area contributed by atoms with Crippen LogP contribution in [0.3, 0.4) is 0 Å². The van der Waals surface area contributed by atoms with Gasteiger partial charge in [-0.05, 0) is 43.9 Å². The first-order chi connectivity index (χ1) is 15.5. The van der Waals surface area contributed by atoms with Crippen LogP contribution in [0.2, 0.25) is 0 Å². The Morgan fingerprint density at radius 3 is 2.66 bits per heavy atom. The summed E-state index contributed by atoms with van der Waals surface area (Å²) in [6.07, 6.45) is 6.49. The first kappa shape index (κ1) is 22.6. The van der Waals surface area contributed by atoms with Crippen LogP contribution >= 0.6 is 0 Å². The van der Waals surface area contributed by atoms with Gasteiger partial charge in [0.05, 0.1) is 24.1 Å². The summed E-state index contributed by atoms with van der Waals surface area (Å²) in [6, 6.07) is 5.11. The molecule has 8 heteroatoms. The predicted octanol–water partition coefficient (Wildman–Crippen LogP) is 2.72. The Kier molecular flexibility index (Phi) is 6.98. The van der Waals surface area contributed by atoms with Crippen LogP contribution < -0.4 is 15.4 Å². The lowest BCUT2D eigenvalue weighted by Gasteiger charge is -2.42. The van der Waals surface area contributed by atoms with Crippen molar-refractivity contribution in [2.75, 3.05) is 26.0 Å². The van der Waals surface area contributed by atoms with Gasteiger partial charge in [-0.1, -0.05) is 19.3 Å². The second-order valence-corrected chi connectivity index (χ2v) is 9.08. The first-order valence-corrected chi connectivity index (χ1v) is 11.7. The molecule has 32 heavy (non-hydrogen) atoms. The van der Waals surface area contributed by atoms with Crippen LogP contribution in [0.25, 0.3) is 0 Å². The molecule has 0 radical (unpaired) electrons. The topological polar surface area (TPSA) is 97.0 Å². The molecule has 1 saturated carbocycles. The summed E-state index contributed by atoms with van der Waals surface area (Å²) in [5.74, 6) is 0.339. The molecule has 3 atom stereocenters. The van der Waals surface area contributed by atoms with Gasteiger partial charge in [-0.3, -0.25) is 14.4 Å². The highest BCUT2D eigenvalue weighted by Crippen LogP contribution is 2.33. The summed E-state index contributed by atoms with van der Waals surface area (Å²) in [4.78, 5) is 39.4. The Labute approximate surface area is 189 Å². The molecule has 0 aromatic heterocycles. The lowest BCUT2D eigenvalue weighted by atomic mass is 9.88. The zero-order valence-corrected chi connectivity index (χ0v) is 18.9. The molecule has 2 fully saturated rings. The third-order valence-electron chi connectivity index (χ3n) is 6.95. The summed E-state index contributed by atoms with van der Waals surface area (Å²) < 4.78 is 12.1. The lowest BCUT2D eigenvalue weighted by molar-refractivity contribution is -0.133. The van der Waals surface area contributed by atoms with E-state index in [1.165, 1.54) is 6.42 Å². The number of likely N-dealkylation sites (N-methyl/N-ethyl adjacent to an activating group) is 1. The zero-order valence-electron chi connectivity index (χ0n) is 18.9. The van der Waals surface area contributed by atoms with E-state index in [0.29, 0.717) is 36.4 Å². The second-order valence-electron chi connectivity index (χ2n) is 9.08. The minimum atomic E-state index is -0.300. The molecule has 3 aliphatic rings. The van der Waals surface area contributed by atoms with Gasteiger partial charge in [0, 0.05) is 25.7 Å². The molecule has 8 nitrogen and oxygen atoms in total. The Morgan fingerprint density at radius 1 is 1.12 bits per heavy atom. The minimum absolute atomic E-state index is 0.0279. The smallest absolute Gasteiger partial charge is 0.257 e. The van der Waals surface area contributed by atoms with Gasteiger partial charge in [-0.25, -0.2) is 0 Å². The number of fused-ring (bicyclic) bond motifs is 2. The van der Waals surface area contributed by atoms with Crippen LogP contribution in [0.5, 0.6) is 5.75 Å². The van der Waals surface area contributed by atoms with Crippen molar-refractivity contribution in [1.29, 1.82) is 0 Å². The van der Waals surface area contributed by atoms with Gasteiger partial charge < -0.3 is 25.0 Å². The van der Waals surface area contributed by atoms with Crippen molar-refractivity contribution < 1.29 is 23.9 Å². The van der Waals surface area contributed by atoms with Crippen LogP contribution in [0.1, 0.15) is 61.7 Å². The predicted molar refractivity (Wildman–Crippen MR) is 120 cm³/mol. The number of rotatable bonds is 4. The van der Waals surface area contributed by atoms with Crippen molar-refractivity contribution in [3.8, 4) is 5.75 Å². The Morgan fingerprint density at radius 2 is 1.91 bits per heavy atom. The van der Waals surface area contributed by atoms with E-state index in [4.69, 9.17) is 9.47 Å². The molecule has 174 valence electrons. The summed E-state index contributed by atoms with van der Waals surface area (Å²) in [5, 5.41) is 5.62. The van der Waals surface area contributed by atoms with Crippen molar-refractivity contribution in [2.24, 2.45) is 5.92 Å². The number of carbonyl (C=O) groups excluding carboxylic acids is 3. The number of benzene rings is 1. The van der Waals surface area contributed by atoms with Gasteiger partial charge in [0.15, 0.2) is 0 Å². The van der Waals surface area contributed by atoms with Gasteiger partial charge in [-0.15, -0.1) is 0 Å². The standard InChI is InChI=1S/C24H33N3O5/c1-25-22(28)13-17-9-10-19-21(32-17)14-31-20-11-8-16(12-18(20)24(30)27(19)2)26-23(29)15-6-4-3-5-7-15/h8,11-12,15,17,19,21H,3-7,9-10,13-14H2,1-2H3,(H,25,28)(H,26,29)/t17-,19-,21+/m0/s1. The minimum Gasteiger partial charge on any atom is -0.490 e. The van der Waals surface area contributed by atoms with Gasteiger partial charge >= 0.3 is 0 Å². The zero-order chi connectivity index (χ0) is 22.7. The maximum absolute atomic E-state index is 13.3. The molecule has 2 aliphatic heterocycles. The third kappa shape index (κ3) is 4.90. The van der Waals surface area contributed by atoms with E-state index >= 15 is 0 Å². The number of nitrogens with one attached hydrogen (secondary N) is 2. The number of anilines is 1. The number of carbonyl (C=O) groups is 3. The molecular formula is C24H33N3O5. The quantitative estimate of drug-likeness (QED) is 0.746.